The van der Waals surface area contributed by atoms with Crippen LogP contribution in [-0.2, 0) is 9.59 Å². The summed E-state index contributed by atoms with van der Waals surface area (Å²) in [5, 5.41) is 6.16. The van der Waals surface area contributed by atoms with Gasteiger partial charge in [-0.05, 0) is 68.7 Å². The molecule has 136 valence electrons. The number of hydrogen-bond acceptors (Lipinski definition) is 3. The zero-order valence-electron chi connectivity index (χ0n) is 15.5. The van der Waals surface area contributed by atoms with Gasteiger partial charge >= 0.3 is 0 Å². The molecule has 0 radical (unpaired) electrons. The van der Waals surface area contributed by atoms with E-state index in [4.69, 9.17) is 0 Å². The van der Waals surface area contributed by atoms with E-state index in [9.17, 15) is 9.59 Å². The van der Waals surface area contributed by atoms with E-state index in [1.807, 2.05) is 68.1 Å². The molecular formula is C21H25N3O2. The third kappa shape index (κ3) is 4.04. The van der Waals surface area contributed by atoms with E-state index in [1.165, 1.54) is 0 Å². The lowest BCUT2D eigenvalue weighted by Crippen LogP contribution is -2.32. The predicted octanol–water partition coefficient (Wildman–Crippen LogP) is 3.87. The molecule has 1 aliphatic rings. The van der Waals surface area contributed by atoms with E-state index in [0.29, 0.717) is 6.42 Å². The summed E-state index contributed by atoms with van der Waals surface area (Å²) in [5.74, 6) is 0.0896. The van der Waals surface area contributed by atoms with Gasteiger partial charge in [0.25, 0.3) is 0 Å². The van der Waals surface area contributed by atoms with Gasteiger partial charge < -0.3 is 15.5 Å². The first-order valence-corrected chi connectivity index (χ1v) is 8.99. The van der Waals surface area contributed by atoms with Crippen LogP contribution in [0.1, 0.15) is 30.9 Å². The van der Waals surface area contributed by atoms with Gasteiger partial charge in [0.05, 0.1) is 0 Å². The van der Waals surface area contributed by atoms with Gasteiger partial charge in [-0.15, -0.1) is 0 Å². The molecule has 2 N–H and O–H groups in total. The lowest BCUT2D eigenvalue weighted by molar-refractivity contribution is -0.117. The minimum atomic E-state index is -0.380. The standard InChI is InChI=1S/C21H25N3O2/c1-14-6-4-7-17(12-14)23-21(26)16(3)22-18-9-10-19(15(2)13-18)24-11-5-8-20(24)25/h4,6-7,9-10,12-13,16,22H,5,8,11H2,1-3H3,(H,23,26)/t16-/m0/s1. The monoisotopic (exact) mass is 351 g/mol. The Balaban J connectivity index is 1.65. The van der Waals surface area contributed by atoms with Crippen molar-refractivity contribution in [2.45, 2.75) is 39.7 Å². The van der Waals surface area contributed by atoms with Crippen LogP contribution in [-0.4, -0.2) is 24.4 Å². The SMILES string of the molecule is Cc1cccc(NC(=O)[C@H](C)Nc2ccc(N3CCCC3=O)c(C)c2)c1. The van der Waals surface area contributed by atoms with Crippen LogP contribution in [0.2, 0.25) is 0 Å². The van der Waals surface area contributed by atoms with Crippen LogP contribution >= 0.6 is 0 Å². The molecule has 0 spiro atoms. The minimum absolute atomic E-state index is 0.0907. The average molecular weight is 351 g/mol. The normalized spacial score (nSPS) is 15.0. The van der Waals surface area contributed by atoms with Crippen molar-refractivity contribution in [2.75, 3.05) is 22.1 Å². The van der Waals surface area contributed by atoms with Crippen molar-refractivity contribution in [3.8, 4) is 0 Å². The molecule has 5 nitrogen and oxygen atoms in total. The van der Waals surface area contributed by atoms with Crippen molar-refractivity contribution < 1.29 is 9.59 Å². The molecule has 0 aromatic heterocycles. The highest BCUT2D eigenvalue weighted by Gasteiger charge is 2.23. The Hall–Kier alpha value is -2.82. The van der Waals surface area contributed by atoms with Gasteiger partial charge in [0.2, 0.25) is 11.8 Å². The lowest BCUT2D eigenvalue weighted by Gasteiger charge is -2.20. The largest absolute Gasteiger partial charge is 0.374 e. The predicted molar refractivity (Wildman–Crippen MR) is 106 cm³/mol. The number of hydrogen-bond donors (Lipinski definition) is 2. The zero-order chi connectivity index (χ0) is 18.7. The summed E-state index contributed by atoms with van der Waals surface area (Å²) in [6.07, 6.45) is 1.53. The summed E-state index contributed by atoms with van der Waals surface area (Å²) in [5.41, 5.74) is 4.74. The number of carbonyl (C=O) groups excluding carboxylic acids is 2. The van der Waals surface area contributed by atoms with Crippen molar-refractivity contribution in [1.29, 1.82) is 0 Å². The lowest BCUT2D eigenvalue weighted by atomic mass is 10.1. The Kier molecular flexibility index (Phi) is 5.26. The fraction of sp³-hybridized carbons (Fsp3) is 0.333. The topological polar surface area (TPSA) is 61.4 Å². The maximum atomic E-state index is 12.4. The zero-order valence-corrected chi connectivity index (χ0v) is 15.5. The molecule has 0 unspecified atom stereocenters. The quantitative estimate of drug-likeness (QED) is 0.860. The Labute approximate surface area is 154 Å². The summed E-state index contributed by atoms with van der Waals surface area (Å²) in [6.45, 7) is 6.59. The van der Waals surface area contributed by atoms with Gasteiger partial charge in [-0.1, -0.05) is 12.1 Å². The highest BCUT2D eigenvalue weighted by atomic mass is 16.2. The first kappa shape index (κ1) is 18.0. The van der Waals surface area contributed by atoms with Gasteiger partial charge in [-0.3, -0.25) is 9.59 Å². The Morgan fingerprint density at radius 2 is 1.92 bits per heavy atom. The van der Waals surface area contributed by atoms with Crippen LogP contribution in [0.25, 0.3) is 0 Å². The minimum Gasteiger partial charge on any atom is -0.374 e. The van der Waals surface area contributed by atoms with Gasteiger partial charge in [0.15, 0.2) is 0 Å². The Bertz CT molecular complexity index is 832. The molecule has 5 heteroatoms. The second kappa shape index (κ2) is 7.60. The second-order valence-electron chi connectivity index (χ2n) is 6.87. The summed E-state index contributed by atoms with van der Waals surface area (Å²) >= 11 is 0. The van der Waals surface area contributed by atoms with Crippen LogP contribution in [0.5, 0.6) is 0 Å². The van der Waals surface area contributed by atoms with Crippen LogP contribution in [0.15, 0.2) is 42.5 Å². The van der Waals surface area contributed by atoms with Gasteiger partial charge in [0.1, 0.15) is 6.04 Å². The van der Waals surface area contributed by atoms with Crippen LogP contribution in [0, 0.1) is 13.8 Å². The van der Waals surface area contributed by atoms with Crippen molar-refractivity contribution in [1.82, 2.24) is 0 Å². The third-order valence-electron chi connectivity index (χ3n) is 4.62. The number of aryl methyl sites for hydroxylation is 2. The molecule has 0 aliphatic carbocycles. The molecule has 1 atom stereocenters. The van der Waals surface area contributed by atoms with E-state index in [2.05, 4.69) is 10.6 Å². The molecule has 26 heavy (non-hydrogen) atoms. The van der Waals surface area contributed by atoms with Gasteiger partial charge in [0, 0.05) is 30.0 Å². The average Bonchev–Trinajstić information content (AvgIpc) is 3.01. The van der Waals surface area contributed by atoms with E-state index in [1.54, 1.807) is 0 Å². The summed E-state index contributed by atoms with van der Waals surface area (Å²) in [7, 11) is 0. The number of nitrogens with one attached hydrogen (secondary N) is 2. The number of anilines is 3. The number of amides is 2. The third-order valence-corrected chi connectivity index (χ3v) is 4.62. The number of benzene rings is 2. The fourth-order valence-electron chi connectivity index (χ4n) is 3.24. The molecule has 1 saturated heterocycles. The number of nitrogens with zero attached hydrogens (tertiary/aromatic N) is 1. The van der Waals surface area contributed by atoms with E-state index in [0.717, 1.165) is 41.2 Å². The molecule has 3 rings (SSSR count). The second-order valence-corrected chi connectivity index (χ2v) is 6.87. The first-order chi connectivity index (χ1) is 12.4. The summed E-state index contributed by atoms with van der Waals surface area (Å²) < 4.78 is 0. The van der Waals surface area contributed by atoms with Crippen molar-refractivity contribution in [3.05, 3.63) is 53.6 Å². The summed E-state index contributed by atoms with van der Waals surface area (Å²) in [6, 6.07) is 13.2. The van der Waals surface area contributed by atoms with Gasteiger partial charge in [-0.2, -0.15) is 0 Å². The molecule has 2 aromatic rings. The van der Waals surface area contributed by atoms with E-state index < -0.39 is 0 Å². The van der Waals surface area contributed by atoms with Crippen molar-refractivity contribution in [3.63, 3.8) is 0 Å². The van der Waals surface area contributed by atoms with Crippen LogP contribution in [0.3, 0.4) is 0 Å². The van der Waals surface area contributed by atoms with Crippen LogP contribution in [0.4, 0.5) is 17.1 Å². The molecule has 2 aromatic carbocycles. The van der Waals surface area contributed by atoms with Gasteiger partial charge in [-0.25, -0.2) is 0 Å². The molecule has 0 bridgehead atoms. The first-order valence-electron chi connectivity index (χ1n) is 8.99. The molecule has 1 fully saturated rings. The fourth-order valence-corrected chi connectivity index (χ4v) is 3.24. The number of rotatable bonds is 5. The molecule has 1 heterocycles. The Morgan fingerprint density at radius 1 is 1.12 bits per heavy atom. The maximum absolute atomic E-state index is 12.4. The Morgan fingerprint density at radius 3 is 2.58 bits per heavy atom. The van der Waals surface area contributed by atoms with E-state index in [-0.39, 0.29) is 17.9 Å². The van der Waals surface area contributed by atoms with Crippen molar-refractivity contribution >= 4 is 28.9 Å². The molecule has 1 aliphatic heterocycles. The highest BCUT2D eigenvalue weighted by molar-refractivity contribution is 5.97. The smallest absolute Gasteiger partial charge is 0.246 e. The number of carbonyl (C=O) groups is 2. The maximum Gasteiger partial charge on any atom is 0.246 e. The van der Waals surface area contributed by atoms with Crippen molar-refractivity contribution in [2.24, 2.45) is 0 Å². The summed E-state index contributed by atoms with van der Waals surface area (Å²) in [4.78, 5) is 26.2. The molecule has 0 saturated carbocycles. The highest BCUT2D eigenvalue weighted by Crippen LogP contribution is 2.27. The van der Waals surface area contributed by atoms with Crippen LogP contribution < -0.4 is 15.5 Å². The molecule has 2 amide bonds. The van der Waals surface area contributed by atoms with E-state index >= 15 is 0 Å². The molecular weight excluding hydrogens is 326 g/mol.